The van der Waals surface area contributed by atoms with Crippen LogP contribution in [0.5, 0.6) is 0 Å². The Hall–Kier alpha value is -2.80. The first kappa shape index (κ1) is 22.9. The lowest BCUT2D eigenvalue weighted by atomic mass is 10.2. The third-order valence-electron chi connectivity index (χ3n) is 5.19. The molecule has 31 heavy (non-hydrogen) atoms. The van der Waals surface area contributed by atoms with E-state index in [9.17, 15) is 4.79 Å². The van der Waals surface area contributed by atoms with Gasteiger partial charge >= 0.3 is 0 Å². The van der Waals surface area contributed by atoms with E-state index < -0.39 is 0 Å². The van der Waals surface area contributed by atoms with E-state index in [0.29, 0.717) is 18.1 Å². The Kier molecular flexibility index (Phi) is 8.97. The average Bonchev–Trinajstić information content (AvgIpc) is 2.81. The monoisotopic (exact) mass is 442 g/mol. The van der Waals surface area contributed by atoms with Crippen LogP contribution in [0.4, 0.5) is 5.69 Å². The topological polar surface area (TPSA) is 72.9 Å². The number of carbonyl (C=O) groups excluding carboxylic acids is 1. The molecule has 0 radical (unpaired) electrons. The lowest BCUT2D eigenvalue weighted by molar-refractivity contribution is -0.131. The van der Waals surface area contributed by atoms with Gasteiger partial charge in [-0.15, -0.1) is 0 Å². The maximum Gasteiger partial charge on any atom is 0.224 e. The molecule has 2 heterocycles. The Morgan fingerprint density at radius 2 is 1.87 bits per heavy atom. The summed E-state index contributed by atoms with van der Waals surface area (Å²) in [6, 6.07) is 14.1. The second kappa shape index (κ2) is 12.2. The first-order valence-corrected chi connectivity index (χ1v) is 11.2. The molecule has 0 unspecified atom stereocenters. The molecule has 0 spiro atoms. The largest absolute Gasteiger partial charge is 0.368 e. The van der Waals surface area contributed by atoms with Gasteiger partial charge in [0.05, 0.1) is 6.54 Å². The Labute approximate surface area is 189 Å². The number of aromatic nitrogens is 1. The minimum absolute atomic E-state index is 0.166. The molecule has 0 aliphatic carbocycles. The molecule has 1 aliphatic rings. The summed E-state index contributed by atoms with van der Waals surface area (Å²) in [5.41, 5.74) is 2.33. The molecule has 0 saturated carbocycles. The van der Waals surface area contributed by atoms with E-state index in [1.807, 2.05) is 36.1 Å². The highest BCUT2D eigenvalue weighted by Gasteiger charge is 2.20. The number of hydrogen-bond acceptors (Lipinski definition) is 4. The van der Waals surface area contributed by atoms with Crippen molar-refractivity contribution in [2.45, 2.75) is 19.8 Å². The molecule has 1 aromatic carbocycles. The Balaban J connectivity index is 1.39. The van der Waals surface area contributed by atoms with Crippen LogP contribution in [0.25, 0.3) is 0 Å². The second-order valence-electron chi connectivity index (χ2n) is 7.38. The van der Waals surface area contributed by atoms with Gasteiger partial charge in [0.15, 0.2) is 5.96 Å². The van der Waals surface area contributed by atoms with Crippen LogP contribution in [0.15, 0.2) is 53.7 Å². The number of halogens is 1. The quantitative estimate of drug-likeness (QED) is 0.373. The molecule has 1 fully saturated rings. The predicted octanol–water partition coefficient (Wildman–Crippen LogP) is 2.57. The molecule has 8 heteroatoms. The van der Waals surface area contributed by atoms with Crippen LogP contribution in [-0.2, 0) is 11.2 Å². The van der Waals surface area contributed by atoms with E-state index in [1.54, 1.807) is 12.3 Å². The van der Waals surface area contributed by atoms with E-state index >= 15 is 0 Å². The summed E-state index contributed by atoms with van der Waals surface area (Å²) >= 11 is 5.82. The number of guanidine groups is 1. The van der Waals surface area contributed by atoms with Crippen LogP contribution in [-0.4, -0.2) is 67.6 Å². The van der Waals surface area contributed by atoms with Crippen LogP contribution < -0.4 is 15.5 Å². The van der Waals surface area contributed by atoms with Crippen molar-refractivity contribution in [1.82, 2.24) is 20.5 Å². The molecule has 1 amide bonds. The van der Waals surface area contributed by atoms with E-state index in [0.717, 1.165) is 57.2 Å². The SMILES string of the molecule is CCNC(=NCCC(=O)N1CCN(c2ccccc2)CC1)NCCc1ccc(Cl)nc1. The van der Waals surface area contributed by atoms with E-state index in [1.165, 1.54) is 5.69 Å². The average molecular weight is 443 g/mol. The van der Waals surface area contributed by atoms with Crippen molar-refractivity contribution < 1.29 is 4.79 Å². The summed E-state index contributed by atoms with van der Waals surface area (Å²) in [6.07, 6.45) is 3.02. The molecule has 2 aromatic rings. The maximum atomic E-state index is 12.6. The fraction of sp³-hybridized carbons (Fsp3) is 0.435. The highest BCUT2D eigenvalue weighted by atomic mass is 35.5. The van der Waals surface area contributed by atoms with Gasteiger partial charge in [-0.3, -0.25) is 9.79 Å². The van der Waals surface area contributed by atoms with Crippen molar-refractivity contribution in [3.05, 3.63) is 59.4 Å². The van der Waals surface area contributed by atoms with Crippen molar-refractivity contribution in [2.24, 2.45) is 4.99 Å². The Bertz CT molecular complexity index is 835. The fourth-order valence-electron chi connectivity index (χ4n) is 3.50. The first-order valence-electron chi connectivity index (χ1n) is 10.9. The van der Waals surface area contributed by atoms with Gasteiger partial charge in [-0.2, -0.15) is 0 Å². The normalized spacial score (nSPS) is 14.5. The summed E-state index contributed by atoms with van der Waals surface area (Å²) in [6.45, 7) is 7.23. The molecule has 166 valence electrons. The number of anilines is 1. The zero-order valence-electron chi connectivity index (χ0n) is 18.1. The number of benzene rings is 1. The fourth-order valence-corrected chi connectivity index (χ4v) is 3.61. The van der Waals surface area contributed by atoms with Crippen LogP contribution in [0.3, 0.4) is 0 Å². The zero-order chi connectivity index (χ0) is 21.9. The number of aliphatic imine (C=N–C) groups is 1. The van der Waals surface area contributed by atoms with Gasteiger partial charge in [0.25, 0.3) is 0 Å². The van der Waals surface area contributed by atoms with Gasteiger partial charge in [0.2, 0.25) is 5.91 Å². The second-order valence-corrected chi connectivity index (χ2v) is 7.77. The number of hydrogen-bond donors (Lipinski definition) is 2. The van der Waals surface area contributed by atoms with E-state index in [4.69, 9.17) is 11.6 Å². The Morgan fingerprint density at radius 1 is 1.10 bits per heavy atom. The van der Waals surface area contributed by atoms with E-state index in [-0.39, 0.29) is 5.91 Å². The summed E-state index contributed by atoms with van der Waals surface area (Å²) in [5, 5.41) is 7.03. The minimum atomic E-state index is 0.166. The molecular formula is C23H31ClN6O. The highest BCUT2D eigenvalue weighted by molar-refractivity contribution is 6.29. The van der Waals surface area contributed by atoms with Gasteiger partial charge in [0, 0.05) is 57.6 Å². The van der Waals surface area contributed by atoms with Gasteiger partial charge < -0.3 is 20.4 Å². The minimum Gasteiger partial charge on any atom is -0.368 e. The van der Waals surface area contributed by atoms with Gasteiger partial charge in [-0.05, 0) is 37.1 Å². The first-order chi connectivity index (χ1) is 15.2. The molecule has 7 nitrogen and oxygen atoms in total. The molecule has 1 aromatic heterocycles. The Morgan fingerprint density at radius 3 is 2.55 bits per heavy atom. The summed E-state index contributed by atoms with van der Waals surface area (Å²) < 4.78 is 0. The molecule has 3 rings (SSSR count). The smallest absolute Gasteiger partial charge is 0.224 e. The lowest BCUT2D eigenvalue weighted by Crippen LogP contribution is -2.49. The standard InChI is InChI=1S/C23H31ClN6O/c1-2-25-23(26-12-10-19-8-9-21(24)28-18-19)27-13-11-22(31)30-16-14-29(15-17-30)20-6-4-3-5-7-20/h3-9,18H,2,10-17H2,1H3,(H2,25,26,27). The molecule has 1 aliphatic heterocycles. The third-order valence-corrected chi connectivity index (χ3v) is 5.41. The number of nitrogens with one attached hydrogen (secondary N) is 2. The van der Waals surface area contributed by atoms with Crippen LogP contribution in [0, 0.1) is 0 Å². The molecule has 1 saturated heterocycles. The summed E-state index contributed by atoms with van der Waals surface area (Å²) in [5.74, 6) is 0.894. The third kappa shape index (κ3) is 7.43. The molecular weight excluding hydrogens is 412 g/mol. The van der Waals surface area contributed by atoms with E-state index in [2.05, 4.69) is 37.6 Å². The van der Waals surface area contributed by atoms with Crippen LogP contribution in [0.2, 0.25) is 5.15 Å². The number of nitrogens with zero attached hydrogens (tertiary/aromatic N) is 4. The molecule has 0 bridgehead atoms. The van der Waals surface area contributed by atoms with Crippen LogP contribution in [0.1, 0.15) is 18.9 Å². The van der Waals surface area contributed by atoms with Crippen molar-refractivity contribution in [3.8, 4) is 0 Å². The zero-order valence-corrected chi connectivity index (χ0v) is 18.8. The number of amides is 1. The number of piperazine rings is 1. The number of para-hydroxylation sites is 1. The van der Waals surface area contributed by atoms with Gasteiger partial charge in [0.1, 0.15) is 5.15 Å². The van der Waals surface area contributed by atoms with Crippen molar-refractivity contribution >= 4 is 29.2 Å². The van der Waals surface area contributed by atoms with Crippen molar-refractivity contribution in [2.75, 3.05) is 50.7 Å². The number of rotatable bonds is 8. The number of carbonyl (C=O) groups is 1. The highest BCUT2D eigenvalue weighted by Crippen LogP contribution is 2.15. The lowest BCUT2D eigenvalue weighted by Gasteiger charge is -2.36. The molecule has 2 N–H and O–H groups in total. The predicted molar refractivity (Wildman–Crippen MR) is 127 cm³/mol. The van der Waals surface area contributed by atoms with Gasteiger partial charge in [-0.25, -0.2) is 4.98 Å². The van der Waals surface area contributed by atoms with Gasteiger partial charge in [-0.1, -0.05) is 35.9 Å². The summed E-state index contributed by atoms with van der Waals surface area (Å²) in [4.78, 5) is 25.5. The molecule has 0 atom stereocenters. The van der Waals surface area contributed by atoms with Crippen molar-refractivity contribution in [3.63, 3.8) is 0 Å². The maximum absolute atomic E-state index is 12.6. The summed E-state index contributed by atoms with van der Waals surface area (Å²) in [7, 11) is 0. The van der Waals surface area contributed by atoms with Crippen LogP contribution >= 0.6 is 11.6 Å². The number of pyridine rings is 1. The van der Waals surface area contributed by atoms with Crippen molar-refractivity contribution in [1.29, 1.82) is 0 Å².